The maximum Gasteiger partial charge on any atom is 0.257 e. The molecule has 1 amide bonds. The van der Waals surface area contributed by atoms with Gasteiger partial charge in [-0.15, -0.1) is 0 Å². The zero-order valence-electron chi connectivity index (χ0n) is 11.4. The SMILES string of the molecule is Cc1ccc(C(=O)NC(=S)Nc2ccc(F)c(Cl)c2)cc1I. The molecule has 3 nitrogen and oxygen atoms in total. The number of amides is 1. The van der Waals surface area contributed by atoms with Crippen LogP contribution in [0.4, 0.5) is 10.1 Å². The van der Waals surface area contributed by atoms with Gasteiger partial charge in [-0.25, -0.2) is 4.39 Å². The standard InChI is InChI=1S/C15H11ClFIN2OS/c1-8-2-3-9(6-13(8)18)14(21)20-15(22)19-10-4-5-12(17)11(16)7-10/h2-7H,1H3,(H2,19,20,21,22). The Kier molecular flexibility index (Phi) is 5.71. The van der Waals surface area contributed by atoms with Crippen molar-refractivity contribution >= 4 is 63.1 Å². The minimum absolute atomic E-state index is 0.0211. The van der Waals surface area contributed by atoms with Gasteiger partial charge < -0.3 is 5.32 Å². The van der Waals surface area contributed by atoms with Crippen molar-refractivity contribution in [3.05, 3.63) is 61.9 Å². The summed E-state index contributed by atoms with van der Waals surface area (Å²) in [5.74, 6) is -0.833. The maximum atomic E-state index is 13.1. The molecule has 0 spiro atoms. The minimum Gasteiger partial charge on any atom is -0.332 e. The number of aryl methyl sites for hydroxylation is 1. The summed E-state index contributed by atoms with van der Waals surface area (Å²) in [6, 6.07) is 9.47. The number of anilines is 1. The minimum atomic E-state index is -0.517. The third-order valence-corrected chi connectivity index (χ3v) is 4.49. The van der Waals surface area contributed by atoms with E-state index >= 15 is 0 Å². The van der Waals surface area contributed by atoms with E-state index in [9.17, 15) is 9.18 Å². The molecule has 0 fully saturated rings. The molecule has 7 heteroatoms. The molecule has 0 aliphatic carbocycles. The van der Waals surface area contributed by atoms with E-state index in [2.05, 4.69) is 33.2 Å². The summed E-state index contributed by atoms with van der Waals surface area (Å²) >= 11 is 12.9. The Labute approximate surface area is 151 Å². The van der Waals surface area contributed by atoms with E-state index in [-0.39, 0.29) is 16.0 Å². The molecule has 0 saturated carbocycles. The summed E-state index contributed by atoms with van der Waals surface area (Å²) in [6.45, 7) is 1.97. The first kappa shape index (κ1) is 17.1. The second kappa shape index (κ2) is 7.34. The molecule has 0 bridgehead atoms. The van der Waals surface area contributed by atoms with Crippen molar-refractivity contribution in [2.24, 2.45) is 0 Å². The molecule has 22 heavy (non-hydrogen) atoms. The fourth-order valence-corrected chi connectivity index (χ4v) is 2.55. The predicted molar refractivity (Wildman–Crippen MR) is 99.0 cm³/mol. The molecule has 0 heterocycles. The van der Waals surface area contributed by atoms with Gasteiger partial charge in [0, 0.05) is 14.8 Å². The Balaban J connectivity index is 2.03. The van der Waals surface area contributed by atoms with Gasteiger partial charge in [-0.3, -0.25) is 10.1 Å². The average molecular weight is 449 g/mol. The third-order valence-electron chi connectivity index (χ3n) is 2.84. The van der Waals surface area contributed by atoms with Crippen LogP contribution in [0.25, 0.3) is 0 Å². The van der Waals surface area contributed by atoms with E-state index in [1.807, 2.05) is 13.0 Å². The summed E-state index contributed by atoms with van der Waals surface area (Å²) in [6.07, 6.45) is 0. The fourth-order valence-electron chi connectivity index (χ4n) is 1.65. The average Bonchev–Trinajstić information content (AvgIpc) is 2.45. The molecule has 0 aliphatic heterocycles. The molecule has 0 aliphatic rings. The number of nitrogens with one attached hydrogen (secondary N) is 2. The van der Waals surface area contributed by atoms with Crippen LogP contribution in [0.2, 0.25) is 5.02 Å². The Hall–Kier alpha value is -1.25. The smallest absolute Gasteiger partial charge is 0.257 e. The van der Waals surface area contributed by atoms with Gasteiger partial charge in [-0.05, 0) is 77.6 Å². The first-order valence-electron chi connectivity index (χ1n) is 6.20. The molecule has 2 aromatic carbocycles. The molecule has 2 aromatic rings. The summed E-state index contributed by atoms with van der Waals surface area (Å²) in [7, 11) is 0. The monoisotopic (exact) mass is 448 g/mol. The highest BCUT2D eigenvalue weighted by atomic mass is 127. The first-order valence-corrected chi connectivity index (χ1v) is 8.07. The normalized spacial score (nSPS) is 10.2. The van der Waals surface area contributed by atoms with Crippen LogP contribution in [0.15, 0.2) is 36.4 Å². The van der Waals surface area contributed by atoms with Gasteiger partial charge in [0.15, 0.2) is 5.11 Å². The van der Waals surface area contributed by atoms with Gasteiger partial charge in [-0.2, -0.15) is 0 Å². The van der Waals surface area contributed by atoms with Crippen molar-refractivity contribution in [3.8, 4) is 0 Å². The van der Waals surface area contributed by atoms with Crippen molar-refractivity contribution in [1.82, 2.24) is 5.32 Å². The lowest BCUT2D eigenvalue weighted by Crippen LogP contribution is -2.34. The van der Waals surface area contributed by atoms with Gasteiger partial charge in [0.1, 0.15) is 5.82 Å². The van der Waals surface area contributed by atoms with Gasteiger partial charge in [-0.1, -0.05) is 17.7 Å². The van der Waals surface area contributed by atoms with E-state index in [0.29, 0.717) is 11.3 Å². The van der Waals surface area contributed by atoms with Crippen LogP contribution in [-0.4, -0.2) is 11.0 Å². The molecule has 0 saturated heterocycles. The van der Waals surface area contributed by atoms with Crippen LogP contribution in [0, 0.1) is 16.3 Å². The molecule has 2 rings (SSSR count). The molecule has 2 N–H and O–H groups in total. The zero-order chi connectivity index (χ0) is 16.3. The number of hydrogen-bond donors (Lipinski definition) is 2. The lowest BCUT2D eigenvalue weighted by molar-refractivity contribution is 0.0977. The Morgan fingerprint density at radius 1 is 1.27 bits per heavy atom. The highest BCUT2D eigenvalue weighted by Crippen LogP contribution is 2.19. The van der Waals surface area contributed by atoms with Crippen molar-refractivity contribution in [1.29, 1.82) is 0 Å². The third kappa shape index (κ3) is 4.37. The van der Waals surface area contributed by atoms with Crippen LogP contribution in [0.3, 0.4) is 0 Å². The number of rotatable bonds is 2. The van der Waals surface area contributed by atoms with Crippen LogP contribution >= 0.6 is 46.4 Å². The molecule has 0 unspecified atom stereocenters. The highest BCUT2D eigenvalue weighted by Gasteiger charge is 2.10. The van der Waals surface area contributed by atoms with Crippen LogP contribution in [0.1, 0.15) is 15.9 Å². The van der Waals surface area contributed by atoms with Crippen LogP contribution in [-0.2, 0) is 0 Å². The number of carbonyl (C=O) groups excluding carboxylic acids is 1. The lowest BCUT2D eigenvalue weighted by atomic mass is 10.1. The summed E-state index contributed by atoms with van der Waals surface area (Å²) in [5.41, 5.74) is 2.10. The lowest BCUT2D eigenvalue weighted by Gasteiger charge is -2.10. The topological polar surface area (TPSA) is 41.1 Å². The molecule has 114 valence electrons. The fraction of sp³-hybridized carbons (Fsp3) is 0.0667. The Morgan fingerprint density at radius 2 is 2.00 bits per heavy atom. The number of hydrogen-bond acceptors (Lipinski definition) is 2. The van der Waals surface area contributed by atoms with Crippen LogP contribution in [0.5, 0.6) is 0 Å². The first-order chi connectivity index (χ1) is 10.4. The molecular weight excluding hydrogens is 438 g/mol. The summed E-state index contributed by atoms with van der Waals surface area (Å²) in [4.78, 5) is 12.1. The maximum absolute atomic E-state index is 13.1. The number of benzene rings is 2. The largest absolute Gasteiger partial charge is 0.332 e. The van der Waals surface area contributed by atoms with E-state index in [1.54, 1.807) is 12.1 Å². The van der Waals surface area contributed by atoms with Gasteiger partial charge in [0.05, 0.1) is 5.02 Å². The van der Waals surface area contributed by atoms with E-state index in [0.717, 1.165) is 9.13 Å². The summed E-state index contributed by atoms with van der Waals surface area (Å²) < 4.78 is 14.1. The molecule has 0 atom stereocenters. The van der Waals surface area contributed by atoms with Crippen molar-refractivity contribution in [2.75, 3.05) is 5.32 Å². The quantitative estimate of drug-likeness (QED) is 0.524. The zero-order valence-corrected chi connectivity index (χ0v) is 15.1. The molecular formula is C15H11ClFIN2OS. The van der Waals surface area contributed by atoms with Crippen molar-refractivity contribution in [3.63, 3.8) is 0 Å². The van der Waals surface area contributed by atoms with E-state index < -0.39 is 5.82 Å². The number of carbonyl (C=O) groups is 1. The van der Waals surface area contributed by atoms with Gasteiger partial charge in [0.25, 0.3) is 5.91 Å². The predicted octanol–water partition coefficient (Wildman–Crippen LogP) is 4.52. The molecule has 0 aromatic heterocycles. The number of thiocarbonyl (C=S) groups is 1. The van der Waals surface area contributed by atoms with E-state index in [1.165, 1.54) is 18.2 Å². The number of halogens is 3. The second-order valence-corrected chi connectivity index (χ2v) is 6.48. The van der Waals surface area contributed by atoms with Crippen molar-refractivity contribution in [2.45, 2.75) is 6.92 Å². The van der Waals surface area contributed by atoms with Gasteiger partial charge in [0.2, 0.25) is 0 Å². The van der Waals surface area contributed by atoms with Gasteiger partial charge >= 0.3 is 0 Å². The van der Waals surface area contributed by atoms with E-state index in [4.69, 9.17) is 23.8 Å². The Morgan fingerprint density at radius 3 is 2.64 bits per heavy atom. The second-order valence-electron chi connectivity index (χ2n) is 4.50. The highest BCUT2D eigenvalue weighted by molar-refractivity contribution is 14.1. The van der Waals surface area contributed by atoms with Crippen LogP contribution < -0.4 is 10.6 Å². The molecule has 0 radical (unpaired) electrons. The summed E-state index contributed by atoms with van der Waals surface area (Å²) in [5, 5.41) is 5.44. The Bertz CT molecular complexity index is 754. The van der Waals surface area contributed by atoms with Crippen molar-refractivity contribution < 1.29 is 9.18 Å².